The van der Waals surface area contributed by atoms with Crippen molar-refractivity contribution in [3.05, 3.63) is 59.8 Å². The molecule has 0 N–H and O–H groups in total. The fourth-order valence-electron chi connectivity index (χ4n) is 3.40. The third-order valence-electron chi connectivity index (χ3n) is 4.99. The molecule has 29 heavy (non-hydrogen) atoms. The zero-order valence-electron chi connectivity index (χ0n) is 16.8. The fraction of sp³-hybridized carbons (Fsp3) is 0.455. The Morgan fingerprint density at radius 1 is 1.24 bits per heavy atom. The molecule has 0 unspecified atom stereocenters. The summed E-state index contributed by atoms with van der Waals surface area (Å²) in [6.45, 7) is 5.03. The third-order valence-corrected chi connectivity index (χ3v) is 4.99. The van der Waals surface area contributed by atoms with E-state index in [0.717, 1.165) is 12.8 Å². The molecule has 6 nitrogen and oxygen atoms in total. The number of rotatable bonds is 8. The topological polar surface area (TPSA) is 63.0 Å². The number of benzene rings is 1. The molecule has 1 aliphatic rings. The zero-order chi connectivity index (χ0) is 20.8. The van der Waals surface area contributed by atoms with Crippen LogP contribution in [0.5, 0.6) is 0 Å². The van der Waals surface area contributed by atoms with Crippen molar-refractivity contribution in [1.29, 1.82) is 0 Å². The predicted octanol–water partition coefficient (Wildman–Crippen LogP) is 3.48. The lowest BCUT2D eigenvalue weighted by Crippen LogP contribution is -2.47. The first kappa shape index (κ1) is 21.0. The van der Waals surface area contributed by atoms with Crippen LogP contribution in [0.2, 0.25) is 0 Å². The lowest BCUT2D eigenvalue weighted by atomic mass is 10.1. The average molecular weight is 402 g/mol. The molecule has 0 spiro atoms. The van der Waals surface area contributed by atoms with Gasteiger partial charge in [0.25, 0.3) is 5.91 Å². The van der Waals surface area contributed by atoms with Gasteiger partial charge in [-0.15, -0.1) is 0 Å². The Morgan fingerprint density at radius 3 is 2.69 bits per heavy atom. The van der Waals surface area contributed by atoms with Crippen LogP contribution >= 0.6 is 0 Å². The van der Waals surface area contributed by atoms with Gasteiger partial charge in [-0.3, -0.25) is 9.59 Å². The fourth-order valence-corrected chi connectivity index (χ4v) is 3.40. The first-order valence-corrected chi connectivity index (χ1v) is 9.92. The summed E-state index contributed by atoms with van der Waals surface area (Å²) in [6.07, 6.45) is 3.43. The van der Waals surface area contributed by atoms with Gasteiger partial charge in [-0.2, -0.15) is 0 Å². The van der Waals surface area contributed by atoms with E-state index in [0.29, 0.717) is 25.5 Å². The second-order valence-electron chi connectivity index (χ2n) is 7.53. The average Bonchev–Trinajstić information content (AvgIpc) is 3.39. The highest BCUT2D eigenvalue weighted by Gasteiger charge is 2.28. The van der Waals surface area contributed by atoms with E-state index in [4.69, 9.17) is 9.15 Å². The predicted molar refractivity (Wildman–Crippen MR) is 106 cm³/mol. The summed E-state index contributed by atoms with van der Waals surface area (Å²) < 4.78 is 24.6. The number of hydrogen-bond acceptors (Lipinski definition) is 4. The number of nitrogens with zero attached hydrogens (tertiary/aromatic N) is 2. The molecule has 1 aliphatic heterocycles. The van der Waals surface area contributed by atoms with Crippen LogP contribution < -0.4 is 0 Å². The quantitative estimate of drug-likeness (QED) is 0.678. The molecule has 0 saturated carbocycles. The molecule has 156 valence electrons. The number of amides is 2. The normalized spacial score (nSPS) is 16.2. The molecule has 1 saturated heterocycles. The molecule has 2 heterocycles. The minimum atomic E-state index is -0.483. The standard InChI is InChI=1S/C22H27FN2O4/c1-16(2)25(22(27)17-6-3-7-18(23)12-17)15-21(26)24(13-19-8-4-10-28-19)14-20-9-5-11-29-20/h3-4,6-8,10,12,16,20H,5,9,11,13-15H2,1-2H3/t20-/m1/s1. The number of furan rings is 1. The van der Waals surface area contributed by atoms with Crippen molar-refractivity contribution in [3.8, 4) is 0 Å². The molecular weight excluding hydrogens is 375 g/mol. The van der Waals surface area contributed by atoms with E-state index >= 15 is 0 Å². The van der Waals surface area contributed by atoms with Gasteiger partial charge in [-0.25, -0.2) is 4.39 Å². The van der Waals surface area contributed by atoms with E-state index in [9.17, 15) is 14.0 Å². The van der Waals surface area contributed by atoms with Crippen LogP contribution in [0, 0.1) is 5.82 Å². The van der Waals surface area contributed by atoms with Gasteiger partial charge in [0, 0.05) is 24.8 Å². The van der Waals surface area contributed by atoms with E-state index in [1.807, 2.05) is 19.9 Å². The van der Waals surface area contributed by atoms with Crippen molar-refractivity contribution < 1.29 is 23.1 Å². The molecule has 2 amide bonds. The molecular formula is C22H27FN2O4. The van der Waals surface area contributed by atoms with Crippen molar-refractivity contribution in [2.45, 2.75) is 45.4 Å². The summed E-state index contributed by atoms with van der Waals surface area (Å²) in [7, 11) is 0. The maximum atomic E-state index is 13.6. The molecule has 2 aromatic rings. The molecule has 1 fully saturated rings. The number of carbonyl (C=O) groups is 2. The van der Waals surface area contributed by atoms with Crippen LogP contribution in [0.4, 0.5) is 4.39 Å². The molecule has 1 atom stereocenters. The van der Waals surface area contributed by atoms with E-state index < -0.39 is 5.82 Å². The van der Waals surface area contributed by atoms with Crippen LogP contribution in [0.15, 0.2) is 47.1 Å². The summed E-state index contributed by atoms with van der Waals surface area (Å²) in [5, 5.41) is 0. The van der Waals surface area contributed by atoms with Gasteiger partial charge < -0.3 is 19.0 Å². The van der Waals surface area contributed by atoms with E-state index in [-0.39, 0.29) is 36.1 Å². The van der Waals surface area contributed by atoms with Crippen molar-refractivity contribution in [2.75, 3.05) is 19.7 Å². The molecule has 0 radical (unpaired) electrons. The largest absolute Gasteiger partial charge is 0.467 e. The van der Waals surface area contributed by atoms with E-state index in [2.05, 4.69) is 0 Å². The molecule has 0 aliphatic carbocycles. The number of carbonyl (C=O) groups excluding carboxylic acids is 2. The Morgan fingerprint density at radius 2 is 2.07 bits per heavy atom. The maximum Gasteiger partial charge on any atom is 0.254 e. The van der Waals surface area contributed by atoms with Crippen molar-refractivity contribution in [3.63, 3.8) is 0 Å². The summed E-state index contributed by atoms with van der Waals surface area (Å²) in [6, 6.07) is 8.89. The van der Waals surface area contributed by atoms with Crippen LogP contribution in [0.1, 0.15) is 42.8 Å². The van der Waals surface area contributed by atoms with Gasteiger partial charge in [0.05, 0.1) is 18.9 Å². The Balaban J connectivity index is 1.74. The molecule has 1 aromatic carbocycles. The van der Waals surface area contributed by atoms with Gasteiger partial charge in [0.2, 0.25) is 5.91 Å². The van der Waals surface area contributed by atoms with Gasteiger partial charge in [0.1, 0.15) is 18.1 Å². The van der Waals surface area contributed by atoms with Crippen LogP contribution in [-0.4, -0.2) is 53.5 Å². The lowest BCUT2D eigenvalue weighted by Gasteiger charge is -2.31. The highest BCUT2D eigenvalue weighted by molar-refractivity contribution is 5.96. The minimum absolute atomic E-state index is 0.0136. The summed E-state index contributed by atoms with van der Waals surface area (Å²) in [5.41, 5.74) is 0.225. The summed E-state index contributed by atoms with van der Waals surface area (Å²) in [4.78, 5) is 29.2. The molecule has 3 rings (SSSR count). The van der Waals surface area contributed by atoms with E-state index in [1.165, 1.54) is 23.1 Å². The van der Waals surface area contributed by atoms with Gasteiger partial charge >= 0.3 is 0 Å². The smallest absolute Gasteiger partial charge is 0.254 e. The Labute approximate surface area is 170 Å². The zero-order valence-corrected chi connectivity index (χ0v) is 16.8. The SMILES string of the molecule is CC(C)N(CC(=O)N(Cc1ccco1)C[C@H]1CCCO1)C(=O)c1cccc(F)c1. The van der Waals surface area contributed by atoms with Crippen LogP contribution in [-0.2, 0) is 16.1 Å². The van der Waals surface area contributed by atoms with Crippen LogP contribution in [0.25, 0.3) is 0 Å². The number of ether oxygens (including phenoxy) is 1. The van der Waals surface area contributed by atoms with Crippen molar-refractivity contribution in [2.24, 2.45) is 0 Å². The van der Waals surface area contributed by atoms with Gasteiger partial charge in [-0.1, -0.05) is 6.07 Å². The van der Waals surface area contributed by atoms with Gasteiger partial charge in [-0.05, 0) is 57.0 Å². The molecule has 0 bridgehead atoms. The maximum absolute atomic E-state index is 13.6. The van der Waals surface area contributed by atoms with Crippen molar-refractivity contribution in [1.82, 2.24) is 9.80 Å². The van der Waals surface area contributed by atoms with Crippen molar-refractivity contribution >= 4 is 11.8 Å². The minimum Gasteiger partial charge on any atom is -0.467 e. The monoisotopic (exact) mass is 402 g/mol. The number of hydrogen-bond donors (Lipinski definition) is 0. The summed E-state index contributed by atoms with van der Waals surface area (Å²) in [5.74, 6) is -0.383. The Kier molecular flexibility index (Phi) is 7.04. The highest BCUT2D eigenvalue weighted by atomic mass is 19.1. The first-order valence-electron chi connectivity index (χ1n) is 9.92. The summed E-state index contributed by atoms with van der Waals surface area (Å²) >= 11 is 0. The van der Waals surface area contributed by atoms with Crippen LogP contribution in [0.3, 0.4) is 0 Å². The number of halogens is 1. The Bertz CT molecular complexity index is 816. The second-order valence-corrected chi connectivity index (χ2v) is 7.53. The molecule has 7 heteroatoms. The Hall–Kier alpha value is -2.67. The van der Waals surface area contributed by atoms with Gasteiger partial charge in [0.15, 0.2) is 0 Å². The molecule has 1 aromatic heterocycles. The van der Waals surface area contributed by atoms with E-state index in [1.54, 1.807) is 23.3 Å². The second kappa shape index (κ2) is 9.69. The lowest BCUT2D eigenvalue weighted by molar-refractivity contribution is -0.134. The first-order chi connectivity index (χ1) is 13.9. The third kappa shape index (κ3) is 5.67. The highest BCUT2D eigenvalue weighted by Crippen LogP contribution is 2.17.